The van der Waals surface area contributed by atoms with E-state index in [1.54, 1.807) is 18.2 Å². The summed E-state index contributed by atoms with van der Waals surface area (Å²) in [6.07, 6.45) is 6.19. The Morgan fingerprint density at radius 3 is 2.04 bits per heavy atom. The van der Waals surface area contributed by atoms with E-state index in [1.165, 1.54) is 0 Å². The maximum Gasteiger partial charge on any atom is 0.335 e. The van der Waals surface area contributed by atoms with Crippen molar-refractivity contribution in [3.8, 4) is 11.5 Å². The summed E-state index contributed by atoms with van der Waals surface area (Å²) in [4.78, 5) is 22.5. The van der Waals surface area contributed by atoms with Crippen molar-refractivity contribution in [2.75, 3.05) is 0 Å². The zero-order valence-electron chi connectivity index (χ0n) is 14.8. The smallest absolute Gasteiger partial charge is 0.335 e. The van der Waals surface area contributed by atoms with Crippen LogP contribution < -0.4 is 9.47 Å². The Bertz CT molecular complexity index is 874. The van der Waals surface area contributed by atoms with Crippen LogP contribution in [0.4, 0.5) is 0 Å². The summed E-state index contributed by atoms with van der Waals surface area (Å²) in [5, 5.41) is 0. The van der Waals surface area contributed by atoms with Crippen LogP contribution >= 0.6 is 0 Å². The molecule has 0 aliphatic rings. The Morgan fingerprint density at radius 2 is 1.42 bits per heavy atom. The largest absolute Gasteiger partial charge is 0.423 e. The quantitative estimate of drug-likeness (QED) is 0.330. The number of rotatable bonds is 6. The minimum absolute atomic E-state index is 0.465. The first-order valence-electron chi connectivity index (χ1n) is 8.01. The van der Waals surface area contributed by atoms with Gasteiger partial charge < -0.3 is 9.47 Å². The minimum atomic E-state index is -0.489. The SMILES string of the molecule is C=CC(=O)Oc1ccc(C=Cc2ccc(OC(=O)C=C)c(C)c2C)cc1. The highest BCUT2D eigenvalue weighted by Crippen LogP contribution is 2.26. The number of ether oxygens (including phenoxy) is 2. The predicted octanol–water partition coefficient (Wildman–Crippen LogP) is 4.66. The van der Waals surface area contributed by atoms with E-state index in [0.29, 0.717) is 11.5 Å². The normalized spacial score (nSPS) is 10.4. The fourth-order valence-corrected chi connectivity index (χ4v) is 2.25. The van der Waals surface area contributed by atoms with E-state index in [2.05, 4.69) is 13.2 Å². The Kier molecular flexibility index (Phi) is 6.28. The molecule has 2 aromatic carbocycles. The Morgan fingerprint density at radius 1 is 0.808 bits per heavy atom. The molecule has 0 heterocycles. The molecule has 0 saturated carbocycles. The number of benzene rings is 2. The molecule has 0 aromatic heterocycles. The molecule has 0 amide bonds. The first-order chi connectivity index (χ1) is 12.4. The average Bonchev–Trinajstić information content (AvgIpc) is 2.65. The number of carbonyl (C=O) groups is 2. The van der Waals surface area contributed by atoms with Crippen LogP contribution in [-0.2, 0) is 9.59 Å². The molecule has 0 spiro atoms. The molecule has 0 N–H and O–H groups in total. The molecule has 4 heteroatoms. The van der Waals surface area contributed by atoms with Crippen LogP contribution in [0.3, 0.4) is 0 Å². The second-order valence-electron chi connectivity index (χ2n) is 5.56. The molecule has 2 aromatic rings. The van der Waals surface area contributed by atoms with E-state index in [9.17, 15) is 9.59 Å². The van der Waals surface area contributed by atoms with E-state index in [0.717, 1.165) is 34.4 Å². The molecule has 0 unspecified atom stereocenters. The molecule has 0 atom stereocenters. The second kappa shape index (κ2) is 8.62. The van der Waals surface area contributed by atoms with E-state index < -0.39 is 11.9 Å². The minimum Gasteiger partial charge on any atom is -0.423 e. The van der Waals surface area contributed by atoms with Gasteiger partial charge in [0, 0.05) is 12.2 Å². The van der Waals surface area contributed by atoms with Crippen molar-refractivity contribution in [3.63, 3.8) is 0 Å². The molecule has 132 valence electrons. The molecular formula is C22H20O4. The molecule has 0 aliphatic heterocycles. The average molecular weight is 348 g/mol. The fraction of sp³-hybridized carbons (Fsp3) is 0.0909. The highest BCUT2D eigenvalue weighted by atomic mass is 16.5. The topological polar surface area (TPSA) is 52.6 Å². The van der Waals surface area contributed by atoms with Gasteiger partial charge in [-0.25, -0.2) is 9.59 Å². The van der Waals surface area contributed by atoms with Crippen molar-refractivity contribution in [3.05, 3.63) is 84.0 Å². The van der Waals surface area contributed by atoms with E-state index in [1.807, 2.05) is 44.2 Å². The molecule has 0 radical (unpaired) electrons. The van der Waals surface area contributed by atoms with E-state index in [4.69, 9.17) is 9.47 Å². The van der Waals surface area contributed by atoms with Gasteiger partial charge in [-0.05, 0) is 54.3 Å². The number of hydrogen-bond acceptors (Lipinski definition) is 4. The summed E-state index contributed by atoms with van der Waals surface area (Å²) >= 11 is 0. The zero-order valence-corrected chi connectivity index (χ0v) is 14.8. The summed E-state index contributed by atoms with van der Waals surface area (Å²) in [7, 11) is 0. The van der Waals surface area contributed by atoms with Crippen LogP contribution in [-0.4, -0.2) is 11.9 Å². The summed E-state index contributed by atoms with van der Waals surface area (Å²) in [5.74, 6) is 0.0232. The highest BCUT2D eigenvalue weighted by molar-refractivity contribution is 5.84. The lowest BCUT2D eigenvalue weighted by molar-refractivity contribution is -0.129. The summed E-state index contributed by atoms with van der Waals surface area (Å²) < 4.78 is 10.3. The van der Waals surface area contributed by atoms with Gasteiger partial charge in [0.1, 0.15) is 11.5 Å². The van der Waals surface area contributed by atoms with Gasteiger partial charge in [-0.3, -0.25) is 0 Å². The van der Waals surface area contributed by atoms with Crippen LogP contribution in [0.5, 0.6) is 11.5 Å². The van der Waals surface area contributed by atoms with Gasteiger partial charge in [0.15, 0.2) is 0 Å². The molecule has 4 nitrogen and oxygen atoms in total. The standard InChI is InChI=1S/C22H20O4/c1-5-21(23)25-19-12-8-17(9-13-19)7-10-18-11-14-20(16(4)15(18)3)26-22(24)6-2/h5-14H,1-2H2,3-4H3. The van der Waals surface area contributed by atoms with Gasteiger partial charge in [0.2, 0.25) is 0 Å². The Balaban J connectivity index is 2.16. The lowest BCUT2D eigenvalue weighted by Gasteiger charge is -2.10. The number of esters is 2. The third-order valence-corrected chi connectivity index (χ3v) is 3.88. The maximum atomic E-state index is 11.4. The zero-order chi connectivity index (χ0) is 19.1. The van der Waals surface area contributed by atoms with Crippen LogP contribution in [0.1, 0.15) is 22.3 Å². The number of carbonyl (C=O) groups excluding carboxylic acids is 2. The van der Waals surface area contributed by atoms with Gasteiger partial charge in [-0.1, -0.05) is 43.5 Å². The molecule has 0 aliphatic carbocycles. The molecule has 26 heavy (non-hydrogen) atoms. The monoisotopic (exact) mass is 348 g/mol. The summed E-state index contributed by atoms with van der Waals surface area (Å²) in [6.45, 7) is 10.6. The van der Waals surface area contributed by atoms with E-state index in [-0.39, 0.29) is 0 Å². The molecule has 0 bridgehead atoms. The fourth-order valence-electron chi connectivity index (χ4n) is 2.25. The van der Waals surface area contributed by atoms with Gasteiger partial charge in [-0.2, -0.15) is 0 Å². The third-order valence-electron chi connectivity index (χ3n) is 3.88. The second-order valence-corrected chi connectivity index (χ2v) is 5.56. The van der Waals surface area contributed by atoms with Crippen molar-refractivity contribution in [2.45, 2.75) is 13.8 Å². The summed E-state index contributed by atoms with van der Waals surface area (Å²) in [6, 6.07) is 10.8. The number of hydrogen-bond donors (Lipinski definition) is 0. The van der Waals surface area contributed by atoms with Crippen molar-refractivity contribution >= 4 is 24.1 Å². The molecule has 0 saturated heterocycles. The van der Waals surface area contributed by atoms with Crippen LogP contribution in [0.15, 0.2) is 61.7 Å². The molecule has 0 fully saturated rings. The van der Waals surface area contributed by atoms with Crippen LogP contribution in [0.2, 0.25) is 0 Å². The molecular weight excluding hydrogens is 328 g/mol. The van der Waals surface area contributed by atoms with Gasteiger partial charge in [0.25, 0.3) is 0 Å². The predicted molar refractivity (Wildman–Crippen MR) is 103 cm³/mol. The van der Waals surface area contributed by atoms with Crippen LogP contribution in [0, 0.1) is 13.8 Å². The third kappa shape index (κ3) is 4.80. The Hall–Kier alpha value is -3.40. The summed E-state index contributed by atoms with van der Waals surface area (Å²) in [5.41, 5.74) is 3.90. The van der Waals surface area contributed by atoms with Crippen molar-refractivity contribution in [1.82, 2.24) is 0 Å². The van der Waals surface area contributed by atoms with Gasteiger partial charge >= 0.3 is 11.9 Å². The highest BCUT2D eigenvalue weighted by Gasteiger charge is 2.08. The lowest BCUT2D eigenvalue weighted by atomic mass is 10.0. The van der Waals surface area contributed by atoms with Gasteiger partial charge in [0.05, 0.1) is 0 Å². The van der Waals surface area contributed by atoms with E-state index >= 15 is 0 Å². The molecule has 2 rings (SSSR count). The van der Waals surface area contributed by atoms with Crippen molar-refractivity contribution < 1.29 is 19.1 Å². The maximum absolute atomic E-state index is 11.4. The Labute approximate surface area is 153 Å². The van der Waals surface area contributed by atoms with Crippen molar-refractivity contribution in [1.29, 1.82) is 0 Å². The van der Waals surface area contributed by atoms with Gasteiger partial charge in [-0.15, -0.1) is 0 Å². The van der Waals surface area contributed by atoms with Crippen molar-refractivity contribution in [2.24, 2.45) is 0 Å². The lowest BCUT2D eigenvalue weighted by Crippen LogP contribution is -2.05. The first kappa shape index (κ1) is 18.9. The van der Waals surface area contributed by atoms with Crippen LogP contribution in [0.25, 0.3) is 12.2 Å². The first-order valence-corrected chi connectivity index (χ1v) is 8.01.